The number of ether oxygens (including phenoxy) is 1. The van der Waals surface area contributed by atoms with E-state index in [1.165, 1.54) is 12.1 Å². The summed E-state index contributed by atoms with van der Waals surface area (Å²) in [5.41, 5.74) is 7.56. The van der Waals surface area contributed by atoms with Gasteiger partial charge in [-0.1, -0.05) is 18.2 Å². The topological polar surface area (TPSA) is 64.3 Å². The number of carbonyl (C=O) groups excluding carboxylic acids is 1. The van der Waals surface area contributed by atoms with Gasteiger partial charge in [0.1, 0.15) is 11.6 Å². The lowest BCUT2D eigenvalue weighted by Crippen LogP contribution is -2.13. The molecule has 1 amide bonds. The van der Waals surface area contributed by atoms with Crippen LogP contribution in [0.4, 0.5) is 15.8 Å². The summed E-state index contributed by atoms with van der Waals surface area (Å²) in [4.78, 5) is 11.9. The van der Waals surface area contributed by atoms with Crippen LogP contribution in [0.15, 0.2) is 42.5 Å². The molecule has 0 aliphatic rings. The number of nitrogens with two attached hydrogens (primary N) is 1. The largest absolute Gasteiger partial charge is 0.492 e. The van der Waals surface area contributed by atoms with Crippen LogP contribution in [0, 0.1) is 5.82 Å². The Balaban J connectivity index is 1.91. The van der Waals surface area contributed by atoms with Gasteiger partial charge >= 0.3 is 0 Å². The molecule has 0 fully saturated rings. The van der Waals surface area contributed by atoms with Gasteiger partial charge in [0.15, 0.2) is 0 Å². The van der Waals surface area contributed by atoms with Crippen LogP contribution >= 0.6 is 0 Å². The normalized spacial score (nSPS) is 10.3. The van der Waals surface area contributed by atoms with Crippen LogP contribution in [-0.4, -0.2) is 12.5 Å². The number of hydrogen-bond donors (Lipinski definition) is 2. The molecular weight excluding hydrogens is 283 g/mol. The van der Waals surface area contributed by atoms with Crippen molar-refractivity contribution in [2.45, 2.75) is 19.8 Å². The second kappa shape index (κ2) is 7.45. The molecule has 0 radical (unpaired) electrons. The molecule has 0 aromatic heterocycles. The van der Waals surface area contributed by atoms with Gasteiger partial charge in [-0.25, -0.2) is 4.39 Å². The van der Waals surface area contributed by atoms with Gasteiger partial charge in [-0.3, -0.25) is 4.79 Å². The summed E-state index contributed by atoms with van der Waals surface area (Å²) in [7, 11) is 0. The summed E-state index contributed by atoms with van der Waals surface area (Å²) in [6.07, 6.45) is 0.776. The Hall–Kier alpha value is -2.56. The lowest BCUT2D eigenvalue weighted by Gasteiger charge is -2.09. The molecule has 2 rings (SSSR count). The number of carbonyl (C=O) groups is 1. The second-order valence-corrected chi connectivity index (χ2v) is 4.83. The van der Waals surface area contributed by atoms with Crippen LogP contribution < -0.4 is 15.8 Å². The van der Waals surface area contributed by atoms with Crippen molar-refractivity contribution in [3.63, 3.8) is 0 Å². The lowest BCUT2D eigenvalue weighted by atomic mass is 10.1. The smallest absolute Gasteiger partial charge is 0.224 e. The number of benzene rings is 2. The molecule has 0 bridgehead atoms. The standard InChI is InChI=1S/C17H19FN2O2/c1-2-22-16-9-7-12(11-14(16)19)8-10-17(21)20-15-6-4-3-5-13(15)18/h3-7,9,11H,2,8,10,19H2,1H3,(H,20,21). The zero-order chi connectivity index (χ0) is 15.9. The monoisotopic (exact) mass is 302 g/mol. The van der Waals surface area contributed by atoms with Crippen LogP contribution in [0.2, 0.25) is 0 Å². The Kier molecular flexibility index (Phi) is 5.36. The van der Waals surface area contributed by atoms with E-state index in [1.807, 2.05) is 13.0 Å². The number of nitrogens with one attached hydrogen (secondary N) is 1. The van der Waals surface area contributed by atoms with Gasteiger partial charge in [0.25, 0.3) is 0 Å². The Bertz CT molecular complexity index is 659. The first-order chi connectivity index (χ1) is 10.6. The molecule has 0 saturated heterocycles. The number of aryl methyl sites for hydroxylation is 1. The highest BCUT2D eigenvalue weighted by atomic mass is 19.1. The van der Waals surface area contributed by atoms with Crippen molar-refractivity contribution in [3.05, 3.63) is 53.8 Å². The highest BCUT2D eigenvalue weighted by Crippen LogP contribution is 2.23. The first kappa shape index (κ1) is 15.8. The number of anilines is 2. The van der Waals surface area contributed by atoms with Gasteiger partial charge in [0.2, 0.25) is 5.91 Å². The fourth-order valence-corrected chi connectivity index (χ4v) is 2.07. The van der Waals surface area contributed by atoms with Crippen LogP contribution in [0.3, 0.4) is 0 Å². The van der Waals surface area contributed by atoms with E-state index in [0.717, 1.165) is 5.56 Å². The molecule has 0 unspecified atom stereocenters. The van der Waals surface area contributed by atoms with E-state index in [1.54, 1.807) is 24.3 Å². The predicted octanol–water partition coefficient (Wildman–Crippen LogP) is 3.38. The van der Waals surface area contributed by atoms with E-state index in [-0.39, 0.29) is 18.0 Å². The second-order valence-electron chi connectivity index (χ2n) is 4.83. The molecule has 0 heterocycles. The van der Waals surface area contributed by atoms with Crippen LogP contribution in [0.1, 0.15) is 18.9 Å². The summed E-state index contributed by atoms with van der Waals surface area (Å²) < 4.78 is 18.8. The van der Waals surface area contributed by atoms with Crippen molar-refractivity contribution >= 4 is 17.3 Å². The first-order valence-corrected chi connectivity index (χ1v) is 7.15. The maximum atomic E-state index is 13.4. The highest BCUT2D eigenvalue weighted by molar-refractivity contribution is 5.90. The molecule has 4 nitrogen and oxygen atoms in total. The number of rotatable bonds is 6. The Morgan fingerprint density at radius 1 is 1.27 bits per heavy atom. The fourth-order valence-electron chi connectivity index (χ4n) is 2.07. The number of para-hydroxylation sites is 1. The minimum Gasteiger partial charge on any atom is -0.492 e. The van der Waals surface area contributed by atoms with Crippen molar-refractivity contribution in [2.24, 2.45) is 0 Å². The summed E-state index contributed by atoms with van der Waals surface area (Å²) in [5.74, 6) is -0.0409. The van der Waals surface area contributed by atoms with E-state index in [9.17, 15) is 9.18 Å². The lowest BCUT2D eigenvalue weighted by molar-refractivity contribution is -0.116. The van der Waals surface area contributed by atoms with Crippen molar-refractivity contribution < 1.29 is 13.9 Å². The molecule has 0 spiro atoms. The zero-order valence-electron chi connectivity index (χ0n) is 12.4. The first-order valence-electron chi connectivity index (χ1n) is 7.15. The van der Waals surface area contributed by atoms with Crippen LogP contribution in [0.5, 0.6) is 5.75 Å². The quantitative estimate of drug-likeness (QED) is 0.804. The third-order valence-electron chi connectivity index (χ3n) is 3.16. The van der Waals surface area contributed by atoms with E-state index in [2.05, 4.69) is 5.32 Å². The highest BCUT2D eigenvalue weighted by Gasteiger charge is 2.08. The number of nitrogen functional groups attached to an aromatic ring is 1. The predicted molar refractivity (Wildman–Crippen MR) is 85.4 cm³/mol. The molecule has 0 atom stereocenters. The Labute approximate surface area is 129 Å². The molecule has 5 heteroatoms. The Morgan fingerprint density at radius 2 is 2.05 bits per heavy atom. The average molecular weight is 302 g/mol. The maximum Gasteiger partial charge on any atom is 0.224 e. The molecule has 22 heavy (non-hydrogen) atoms. The van der Waals surface area contributed by atoms with Crippen LogP contribution in [-0.2, 0) is 11.2 Å². The summed E-state index contributed by atoms with van der Waals surface area (Å²) in [6.45, 7) is 2.44. The maximum absolute atomic E-state index is 13.4. The third kappa shape index (κ3) is 4.22. The van der Waals surface area contributed by atoms with E-state index in [0.29, 0.717) is 24.5 Å². The van der Waals surface area contributed by atoms with Gasteiger partial charge in [-0.15, -0.1) is 0 Å². The number of amides is 1. The van der Waals surface area contributed by atoms with Gasteiger partial charge in [0, 0.05) is 6.42 Å². The molecule has 0 aliphatic heterocycles. The fraction of sp³-hybridized carbons (Fsp3) is 0.235. The number of hydrogen-bond acceptors (Lipinski definition) is 3. The molecule has 116 valence electrons. The molecule has 0 aliphatic carbocycles. The summed E-state index contributed by atoms with van der Waals surface area (Å²) in [6, 6.07) is 11.5. The van der Waals surface area contributed by atoms with E-state index in [4.69, 9.17) is 10.5 Å². The van der Waals surface area contributed by atoms with Crippen molar-refractivity contribution in [2.75, 3.05) is 17.7 Å². The molecule has 2 aromatic rings. The van der Waals surface area contributed by atoms with E-state index >= 15 is 0 Å². The summed E-state index contributed by atoms with van der Waals surface area (Å²) >= 11 is 0. The van der Waals surface area contributed by atoms with Crippen molar-refractivity contribution in [1.82, 2.24) is 0 Å². The third-order valence-corrected chi connectivity index (χ3v) is 3.16. The minimum absolute atomic E-state index is 0.193. The Morgan fingerprint density at radius 3 is 2.73 bits per heavy atom. The van der Waals surface area contributed by atoms with Gasteiger partial charge < -0.3 is 15.8 Å². The van der Waals surface area contributed by atoms with Crippen molar-refractivity contribution in [3.8, 4) is 5.75 Å². The molecular formula is C17H19FN2O2. The number of halogens is 1. The van der Waals surface area contributed by atoms with Crippen LogP contribution in [0.25, 0.3) is 0 Å². The zero-order valence-corrected chi connectivity index (χ0v) is 12.4. The van der Waals surface area contributed by atoms with Gasteiger partial charge in [-0.2, -0.15) is 0 Å². The summed E-state index contributed by atoms with van der Waals surface area (Å²) in [5, 5.41) is 2.56. The molecule has 3 N–H and O–H groups in total. The molecule has 0 saturated carbocycles. The minimum atomic E-state index is -0.443. The van der Waals surface area contributed by atoms with Gasteiger partial charge in [0.05, 0.1) is 18.0 Å². The SMILES string of the molecule is CCOc1ccc(CCC(=O)Nc2ccccc2F)cc1N. The van der Waals surface area contributed by atoms with E-state index < -0.39 is 5.82 Å². The molecule has 2 aromatic carbocycles. The average Bonchev–Trinajstić information content (AvgIpc) is 2.50. The van der Waals surface area contributed by atoms with Gasteiger partial charge in [-0.05, 0) is 43.2 Å². The van der Waals surface area contributed by atoms with Crippen molar-refractivity contribution in [1.29, 1.82) is 0 Å².